The van der Waals surface area contributed by atoms with E-state index in [1.165, 1.54) is 25.3 Å². The van der Waals surface area contributed by atoms with Crippen LogP contribution in [0, 0.1) is 0 Å². The van der Waals surface area contributed by atoms with Gasteiger partial charge in [-0.05, 0) is 44.0 Å². The number of amides is 2. The summed E-state index contributed by atoms with van der Waals surface area (Å²) in [6.45, 7) is 1.53. The molecule has 1 fully saturated rings. The van der Waals surface area contributed by atoms with Crippen LogP contribution < -0.4 is 10.6 Å². The van der Waals surface area contributed by atoms with Crippen LogP contribution in [-0.2, 0) is 9.53 Å². The summed E-state index contributed by atoms with van der Waals surface area (Å²) in [6, 6.07) is 9.72. The molecule has 0 spiro atoms. The second-order valence-electron chi connectivity index (χ2n) is 6.51. The molecular weight excluding hydrogens is 348 g/mol. The van der Waals surface area contributed by atoms with Crippen molar-refractivity contribution in [2.75, 3.05) is 5.32 Å². The summed E-state index contributed by atoms with van der Waals surface area (Å²) in [7, 11) is 0. The number of furan rings is 1. The lowest BCUT2D eigenvalue weighted by molar-refractivity contribution is -0.129. The van der Waals surface area contributed by atoms with E-state index >= 15 is 0 Å². The van der Waals surface area contributed by atoms with Crippen molar-refractivity contribution in [1.82, 2.24) is 5.32 Å². The van der Waals surface area contributed by atoms with E-state index in [2.05, 4.69) is 10.6 Å². The zero-order chi connectivity index (χ0) is 19.2. The molecule has 142 valence electrons. The van der Waals surface area contributed by atoms with Gasteiger partial charge in [-0.25, -0.2) is 4.79 Å². The molecule has 2 amide bonds. The van der Waals surface area contributed by atoms with E-state index in [9.17, 15) is 14.4 Å². The smallest absolute Gasteiger partial charge is 0.341 e. The maximum atomic E-state index is 12.5. The maximum absolute atomic E-state index is 12.5. The normalized spacial score (nSPS) is 15.1. The molecule has 1 aromatic heterocycles. The lowest BCUT2D eigenvalue weighted by Crippen LogP contribution is -2.40. The number of benzene rings is 1. The van der Waals surface area contributed by atoms with Crippen LogP contribution in [0.4, 0.5) is 5.69 Å². The predicted octanol–water partition coefficient (Wildman–Crippen LogP) is 3.14. The Labute approximate surface area is 157 Å². The first-order valence-corrected chi connectivity index (χ1v) is 9.00. The first-order valence-electron chi connectivity index (χ1n) is 9.00. The molecule has 2 N–H and O–H groups in total. The molecule has 7 nitrogen and oxygen atoms in total. The lowest BCUT2D eigenvalue weighted by Gasteiger charge is -2.18. The van der Waals surface area contributed by atoms with Gasteiger partial charge in [-0.3, -0.25) is 9.59 Å². The Bertz CT molecular complexity index is 810. The number of hydrogen-bond acceptors (Lipinski definition) is 5. The minimum absolute atomic E-state index is 0.127. The number of ether oxygens (including phenoxy) is 1. The molecular formula is C20H22N2O5. The standard InChI is InChI=1S/C20H22N2O5/c1-13(18(23)21-14-7-2-3-8-14)27-20(25)15-9-4-5-10-16(15)22-19(24)17-11-6-12-26-17/h4-6,9-14H,2-3,7-8H2,1H3,(H,21,23)(H,22,24)/t13-/m0/s1. The number of para-hydroxylation sites is 1. The topological polar surface area (TPSA) is 97.6 Å². The number of carbonyl (C=O) groups excluding carboxylic acids is 3. The van der Waals surface area contributed by atoms with Gasteiger partial charge in [0.2, 0.25) is 0 Å². The van der Waals surface area contributed by atoms with Crippen LogP contribution in [0.1, 0.15) is 53.5 Å². The molecule has 1 atom stereocenters. The number of rotatable bonds is 6. The van der Waals surface area contributed by atoms with E-state index in [1.807, 2.05) is 0 Å². The first-order chi connectivity index (χ1) is 13.0. The average Bonchev–Trinajstić information content (AvgIpc) is 3.36. The van der Waals surface area contributed by atoms with Crippen molar-refractivity contribution in [2.45, 2.75) is 44.8 Å². The van der Waals surface area contributed by atoms with Gasteiger partial charge in [-0.2, -0.15) is 0 Å². The maximum Gasteiger partial charge on any atom is 0.341 e. The van der Waals surface area contributed by atoms with Gasteiger partial charge in [0.25, 0.3) is 11.8 Å². The lowest BCUT2D eigenvalue weighted by atomic mass is 10.1. The summed E-state index contributed by atoms with van der Waals surface area (Å²) in [5.74, 6) is -1.35. The fourth-order valence-electron chi connectivity index (χ4n) is 3.03. The van der Waals surface area contributed by atoms with Crippen LogP contribution in [0.5, 0.6) is 0 Å². The number of carbonyl (C=O) groups is 3. The first kappa shape index (κ1) is 18.7. The van der Waals surface area contributed by atoms with E-state index in [0.717, 1.165) is 25.7 Å². The number of nitrogens with one attached hydrogen (secondary N) is 2. The van der Waals surface area contributed by atoms with Crippen LogP contribution in [0.2, 0.25) is 0 Å². The van der Waals surface area contributed by atoms with Crippen molar-refractivity contribution >= 4 is 23.5 Å². The Morgan fingerprint density at radius 2 is 1.85 bits per heavy atom. The number of esters is 1. The highest BCUT2D eigenvalue weighted by molar-refractivity contribution is 6.06. The predicted molar refractivity (Wildman–Crippen MR) is 98.4 cm³/mol. The van der Waals surface area contributed by atoms with Crippen molar-refractivity contribution in [1.29, 1.82) is 0 Å². The van der Waals surface area contributed by atoms with Crippen molar-refractivity contribution in [3.8, 4) is 0 Å². The SMILES string of the molecule is C[C@H](OC(=O)c1ccccc1NC(=O)c1ccco1)C(=O)NC1CCCC1. The van der Waals surface area contributed by atoms with Gasteiger partial charge in [-0.1, -0.05) is 25.0 Å². The highest BCUT2D eigenvalue weighted by atomic mass is 16.5. The van der Waals surface area contributed by atoms with Crippen LogP contribution in [0.3, 0.4) is 0 Å². The molecule has 1 aliphatic rings. The Balaban J connectivity index is 1.64. The van der Waals surface area contributed by atoms with Crippen molar-refractivity contribution in [3.63, 3.8) is 0 Å². The molecule has 0 saturated heterocycles. The zero-order valence-corrected chi connectivity index (χ0v) is 15.1. The molecule has 1 heterocycles. The molecule has 1 saturated carbocycles. The zero-order valence-electron chi connectivity index (χ0n) is 15.1. The van der Waals surface area contributed by atoms with E-state index in [0.29, 0.717) is 0 Å². The van der Waals surface area contributed by atoms with Gasteiger partial charge in [0.05, 0.1) is 17.5 Å². The Morgan fingerprint density at radius 1 is 1.11 bits per heavy atom. The van der Waals surface area contributed by atoms with Crippen molar-refractivity contribution in [3.05, 3.63) is 54.0 Å². The molecule has 1 aromatic carbocycles. The van der Waals surface area contributed by atoms with Crippen LogP contribution in [-0.4, -0.2) is 29.9 Å². The summed E-state index contributed by atoms with van der Waals surface area (Å²) in [5, 5.41) is 5.52. The molecule has 27 heavy (non-hydrogen) atoms. The van der Waals surface area contributed by atoms with E-state index in [-0.39, 0.29) is 29.0 Å². The van der Waals surface area contributed by atoms with Gasteiger partial charge >= 0.3 is 5.97 Å². The van der Waals surface area contributed by atoms with Crippen LogP contribution in [0.25, 0.3) is 0 Å². The Morgan fingerprint density at radius 3 is 2.56 bits per heavy atom. The average molecular weight is 370 g/mol. The largest absolute Gasteiger partial charge is 0.459 e. The summed E-state index contributed by atoms with van der Waals surface area (Å²) in [5.41, 5.74) is 0.449. The molecule has 0 unspecified atom stereocenters. The second-order valence-corrected chi connectivity index (χ2v) is 6.51. The molecule has 1 aliphatic carbocycles. The quantitative estimate of drug-likeness (QED) is 0.762. The second kappa shape index (κ2) is 8.53. The van der Waals surface area contributed by atoms with Gasteiger partial charge in [-0.15, -0.1) is 0 Å². The Hall–Kier alpha value is -3.09. The van der Waals surface area contributed by atoms with Crippen molar-refractivity contribution < 1.29 is 23.5 Å². The monoisotopic (exact) mass is 370 g/mol. The fraction of sp³-hybridized carbons (Fsp3) is 0.350. The molecule has 0 aliphatic heterocycles. The van der Waals surface area contributed by atoms with Gasteiger partial charge in [0.1, 0.15) is 0 Å². The van der Waals surface area contributed by atoms with Crippen LogP contribution >= 0.6 is 0 Å². The van der Waals surface area contributed by atoms with Gasteiger partial charge in [0, 0.05) is 6.04 Å². The molecule has 7 heteroatoms. The Kier molecular flexibility index (Phi) is 5.90. The highest BCUT2D eigenvalue weighted by Gasteiger charge is 2.24. The van der Waals surface area contributed by atoms with E-state index in [1.54, 1.807) is 24.3 Å². The van der Waals surface area contributed by atoms with Gasteiger partial charge in [0.15, 0.2) is 11.9 Å². The minimum atomic E-state index is -0.924. The molecule has 0 bridgehead atoms. The number of hydrogen-bond donors (Lipinski definition) is 2. The third kappa shape index (κ3) is 4.75. The van der Waals surface area contributed by atoms with Crippen LogP contribution in [0.15, 0.2) is 47.1 Å². The summed E-state index contributed by atoms with van der Waals surface area (Å²) in [6.07, 6.45) is 4.57. The van der Waals surface area contributed by atoms with Crippen molar-refractivity contribution in [2.24, 2.45) is 0 Å². The highest BCUT2D eigenvalue weighted by Crippen LogP contribution is 2.20. The van der Waals surface area contributed by atoms with E-state index < -0.39 is 18.0 Å². The van der Waals surface area contributed by atoms with Gasteiger partial charge < -0.3 is 19.8 Å². The minimum Gasteiger partial charge on any atom is -0.459 e. The molecule has 3 rings (SSSR count). The third-order valence-electron chi connectivity index (χ3n) is 4.49. The number of anilines is 1. The fourth-order valence-corrected chi connectivity index (χ4v) is 3.03. The molecule has 2 aromatic rings. The summed E-state index contributed by atoms with van der Waals surface area (Å²) >= 11 is 0. The van der Waals surface area contributed by atoms with E-state index in [4.69, 9.17) is 9.15 Å². The summed E-state index contributed by atoms with van der Waals surface area (Å²) in [4.78, 5) is 36.9. The summed E-state index contributed by atoms with van der Waals surface area (Å²) < 4.78 is 10.3. The molecule has 0 radical (unpaired) electrons. The third-order valence-corrected chi connectivity index (χ3v) is 4.49.